The van der Waals surface area contributed by atoms with E-state index in [2.05, 4.69) is 11.0 Å². The number of aliphatic hydroxyl groups is 1. The van der Waals surface area contributed by atoms with Gasteiger partial charge >= 0.3 is 0 Å². The molecule has 1 aromatic rings. The Bertz CT molecular complexity index is 516. The highest BCUT2D eigenvalue weighted by Gasteiger charge is 2.48. The second-order valence-corrected chi connectivity index (χ2v) is 5.52. The number of nitrogens with zero attached hydrogens (tertiary/aromatic N) is 2. The summed E-state index contributed by atoms with van der Waals surface area (Å²) in [5.74, 6) is 0. The quantitative estimate of drug-likeness (QED) is 0.823. The lowest BCUT2D eigenvalue weighted by Crippen LogP contribution is -2.51. The standard InChI is InChI=1S/C15H18N2O/c1-11-4-2-5-12(10-16)14(11)17-13-6-3-8-15(17,18)9-7-13/h2,4-5,13,18H,3,6-9H2,1H3. The van der Waals surface area contributed by atoms with Gasteiger partial charge in [0.2, 0.25) is 0 Å². The van der Waals surface area contributed by atoms with Crippen LogP contribution in [0.2, 0.25) is 0 Å². The lowest BCUT2D eigenvalue weighted by Gasteiger charge is -2.43. The van der Waals surface area contributed by atoms with Crippen LogP contribution in [-0.4, -0.2) is 16.9 Å². The van der Waals surface area contributed by atoms with E-state index in [1.54, 1.807) is 0 Å². The van der Waals surface area contributed by atoms with Gasteiger partial charge in [0.15, 0.2) is 0 Å². The highest BCUT2D eigenvalue weighted by atomic mass is 16.3. The molecular formula is C15H18N2O. The van der Waals surface area contributed by atoms with Gasteiger partial charge in [0, 0.05) is 6.04 Å². The van der Waals surface area contributed by atoms with Crippen LogP contribution in [0.15, 0.2) is 18.2 Å². The van der Waals surface area contributed by atoms with Gasteiger partial charge in [-0.05, 0) is 50.7 Å². The lowest BCUT2D eigenvalue weighted by atomic mass is 9.96. The molecule has 94 valence electrons. The van der Waals surface area contributed by atoms with E-state index in [0.29, 0.717) is 11.6 Å². The fourth-order valence-electron chi connectivity index (χ4n) is 3.59. The van der Waals surface area contributed by atoms with Crippen LogP contribution >= 0.6 is 0 Å². The van der Waals surface area contributed by atoms with E-state index >= 15 is 0 Å². The average Bonchev–Trinajstić information content (AvgIpc) is 2.55. The molecule has 0 saturated carbocycles. The van der Waals surface area contributed by atoms with E-state index in [-0.39, 0.29) is 0 Å². The number of anilines is 1. The van der Waals surface area contributed by atoms with Crippen molar-refractivity contribution in [3.8, 4) is 6.07 Å². The van der Waals surface area contributed by atoms with Gasteiger partial charge in [-0.25, -0.2) is 0 Å². The first-order valence-corrected chi connectivity index (χ1v) is 6.67. The molecule has 2 aliphatic heterocycles. The first kappa shape index (κ1) is 11.6. The number of piperidine rings is 1. The summed E-state index contributed by atoms with van der Waals surface area (Å²) < 4.78 is 0. The Morgan fingerprint density at radius 1 is 1.39 bits per heavy atom. The Morgan fingerprint density at radius 2 is 2.22 bits per heavy atom. The van der Waals surface area contributed by atoms with Crippen molar-refractivity contribution >= 4 is 5.69 Å². The van der Waals surface area contributed by atoms with E-state index < -0.39 is 5.72 Å². The number of fused-ring (bicyclic) bond motifs is 2. The first-order valence-electron chi connectivity index (χ1n) is 6.67. The maximum atomic E-state index is 10.8. The van der Waals surface area contributed by atoms with Crippen molar-refractivity contribution in [1.29, 1.82) is 5.26 Å². The molecular weight excluding hydrogens is 224 g/mol. The van der Waals surface area contributed by atoms with Crippen LogP contribution in [-0.2, 0) is 0 Å². The van der Waals surface area contributed by atoms with Gasteiger partial charge in [-0.2, -0.15) is 5.26 Å². The molecule has 2 atom stereocenters. The molecule has 2 fully saturated rings. The summed E-state index contributed by atoms with van der Waals surface area (Å²) in [6.45, 7) is 2.02. The molecule has 1 N–H and O–H groups in total. The van der Waals surface area contributed by atoms with Gasteiger partial charge in [0.05, 0.1) is 11.3 Å². The molecule has 0 radical (unpaired) electrons. The van der Waals surface area contributed by atoms with Gasteiger partial charge in [-0.3, -0.25) is 0 Å². The monoisotopic (exact) mass is 242 g/mol. The van der Waals surface area contributed by atoms with Gasteiger partial charge in [-0.1, -0.05) is 12.1 Å². The van der Waals surface area contributed by atoms with Gasteiger partial charge in [0.1, 0.15) is 11.8 Å². The Kier molecular flexibility index (Phi) is 2.57. The Morgan fingerprint density at radius 3 is 2.94 bits per heavy atom. The van der Waals surface area contributed by atoms with Crippen molar-refractivity contribution in [2.24, 2.45) is 0 Å². The normalized spacial score (nSPS) is 30.3. The largest absolute Gasteiger partial charge is 0.371 e. The van der Waals surface area contributed by atoms with Crippen LogP contribution in [0.5, 0.6) is 0 Å². The zero-order valence-corrected chi connectivity index (χ0v) is 10.7. The van der Waals surface area contributed by atoms with Crippen molar-refractivity contribution < 1.29 is 5.11 Å². The Labute approximate surface area is 108 Å². The first-order chi connectivity index (χ1) is 8.65. The summed E-state index contributed by atoms with van der Waals surface area (Å²) in [4.78, 5) is 2.13. The van der Waals surface area contributed by atoms with Crippen molar-refractivity contribution in [1.82, 2.24) is 0 Å². The number of hydrogen-bond acceptors (Lipinski definition) is 3. The third-order valence-electron chi connectivity index (χ3n) is 4.41. The summed E-state index contributed by atoms with van der Waals surface area (Å²) in [7, 11) is 0. The molecule has 3 rings (SSSR count). The summed E-state index contributed by atoms with van der Waals surface area (Å²) in [6.07, 6.45) is 4.90. The van der Waals surface area contributed by atoms with Crippen LogP contribution in [0, 0.1) is 18.3 Å². The third-order valence-corrected chi connectivity index (χ3v) is 4.41. The maximum absolute atomic E-state index is 10.8. The molecule has 1 aromatic carbocycles. The molecule has 18 heavy (non-hydrogen) atoms. The molecule has 0 aliphatic carbocycles. The molecule has 2 heterocycles. The fourth-order valence-corrected chi connectivity index (χ4v) is 3.59. The second kappa shape index (κ2) is 4.00. The molecule has 3 nitrogen and oxygen atoms in total. The van der Waals surface area contributed by atoms with Gasteiger partial charge < -0.3 is 10.0 Å². The topological polar surface area (TPSA) is 47.3 Å². The SMILES string of the molecule is Cc1cccc(C#N)c1N1C2CCCC1(O)CC2. The van der Waals surface area contributed by atoms with Gasteiger partial charge in [-0.15, -0.1) is 0 Å². The zero-order chi connectivity index (χ0) is 12.8. The third kappa shape index (κ3) is 1.53. The minimum Gasteiger partial charge on any atom is -0.371 e. The van der Waals surface area contributed by atoms with E-state index in [1.807, 2.05) is 25.1 Å². The molecule has 0 amide bonds. The summed E-state index contributed by atoms with van der Waals surface area (Å²) in [6, 6.07) is 8.45. The van der Waals surface area contributed by atoms with Crippen molar-refractivity contribution in [2.45, 2.75) is 50.8 Å². The summed E-state index contributed by atoms with van der Waals surface area (Å²) >= 11 is 0. The summed E-state index contributed by atoms with van der Waals surface area (Å²) in [5, 5.41) is 20.1. The van der Waals surface area contributed by atoms with Crippen LogP contribution in [0.1, 0.15) is 43.2 Å². The van der Waals surface area contributed by atoms with Crippen molar-refractivity contribution in [3.05, 3.63) is 29.3 Å². The molecule has 3 heteroatoms. The lowest BCUT2D eigenvalue weighted by molar-refractivity contribution is 0.0278. The molecule has 2 aliphatic rings. The minimum atomic E-state index is -0.722. The number of rotatable bonds is 1. The van der Waals surface area contributed by atoms with Crippen molar-refractivity contribution in [2.75, 3.05) is 4.90 Å². The predicted octanol–water partition coefficient (Wildman–Crippen LogP) is 2.71. The maximum Gasteiger partial charge on any atom is 0.138 e. The number of benzene rings is 1. The molecule has 2 saturated heterocycles. The fraction of sp³-hybridized carbons (Fsp3) is 0.533. The van der Waals surface area contributed by atoms with Crippen LogP contribution < -0.4 is 4.90 Å². The van der Waals surface area contributed by atoms with E-state index in [0.717, 1.165) is 43.4 Å². The molecule has 0 spiro atoms. The van der Waals surface area contributed by atoms with Crippen LogP contribution in [0.3, 0.4) is 0 Å². The molecule has 2 bridgehead atoms. The highest BCUT2D eigenvalue weighted by molar-refractivity contribution is 5.66. The zero-order valence-electron chi connectivity index (χ0n) is 10.7. The van der Waals surface area contributed by atoms with E-state index in [4.69, 9.17) is 0 Å². The number of aryl methyl sites for hydroxylation is 1. The van der Waals surface area contributed by atoms with E-state index in [9.17, 15) is 10.4 Å². The predicted molar refractivity (Wildman–Crippen MR) is 70.2 cm³/mol. The minimum absolute atomic E-state index is 0.400. The van der Waals surface area contributed by atoms with Crippen LogP contribution in [0.25, 0.3) is 0 Å². The summed E-state index contributed by atoms with van der Waals surface area (Å²) in [5.41, 5.74) is 1.99. The Hall–Kier alpha value is -1.53. The van der Waals surface area contributed by atoms with Crippen LogP contribution in [0.4, 0.5) is 5.69 Å². The number of hydrogen-bond donors (Lipinski definition) is 1. The Balaban J connectivity index is 2.13. The highest BCUT2D eigenvalue weighted by Crippen LogP contribution is 2.46. The smallest absolute Gasteiger partial charge is 0.138 e. The molecule has 0 aromatic heterocycles. The number of nitriles is 1. The average molecular weight is 242 g/mol. The second-order valence-electron chi connectivity index (χ2n) is 5.52. The number of para-hydroxylation sites is 1. The van der Waals surface area contributed by atoms with Crippen molar-refractivity contribution in [3.63, 3.8) is 0 Å². The molecule has 2 unspecified atom stereocenters. The van der Waals surface area contributed by atoms with E-state index in [1.165, 1.54) is 0 Å². The van der Waals surface area contributed by atoms with Gasteiger partial charge in [0.25, 0.3) is 0 Å².